The fourth-order valence-corrected chi connectivity index (χ4v) is 2.11. The summed E-state index contributed by atoms with van der Waals surface area (Å²) in [4.78, 5) is 4.61. The first-order chi connectivity index (χ1) is 8.80. The minimum atomic E-state index is 0.655. The minimum Gasteiger partial charge on any atom is -0.384 e. The summed E-state index contributed by atoms with van der Waals surface area (Å²) in [6.45, 7) is 3.76. The second-order valence-corrected chi connectivity index (χ2v) is 4.24. The zero-order valence-electron chi connectivity index (χ0n) is 10.8. The molecule has 1 heterocycles. The largest absolute Gasteiger partial charge is 0.384 e. The molecule has 0 aliphatic carbocycles. The number of nitrogens with zero attached hydrogens (tertiary/aromatic N) is 3. The Morgan fingerprint density at radius 1 is 1.44 bits per heavy atom. The van der Waals surface area contributed by atoms with Gasteiger partial charge in [0.1, 0.15) is 5.82 Å². The number of aromatic nitrogens is 2. The van der Waals surface area contributed by atoms with Crippen molar-refractivity contribution in [2.75, 3.05) is 13.7 Å². The molecule has 0 radical (unpaired) electrons. The van der Waals surface area contributed by atoms with E-state index < -0.39 is 0 Å². The molecule has 0 unspecified atom stereocenters. The first-order valence-corrected chi connectivity index (χ1v) is 6.18. The molecule has 0 fully saturated rings. The Balaban J connectivity index is 2.48. The van der Waals surface area contributed by atoms with Crippen LogP contribution in [0.15, 0.2) is 18.2 Å². The molecule has 4 nitrogen and oxygen atoms in total. The van der Waals surface area contributed by atoms with Crippen molar-refractivity contribution in [3.05, 3.63) is 29.6 Å². The van der Waals surface area contributed by atoms with Gasteiger partial charge in [0.2, 0.25) is 0 Å². The molecule has 2 rings (SSSR count). The van der Waals surface area contributed by atoms with Crippen LogP contribution in [-0.4, -0.2) is 23.3 Å². The number of hydrogen-bond acceptors (Lipinski definition) is 3. The van der Waals surface area contributed by atoms with Crippen molar-refractivity contribution in [3.8, 4) is 6.07 Å². The van der Waals surface area contributed by atoms with Gasteiger partial charge in [-0.2, -0.15) is 5.26 Å². The van der Waals surface area contributed by atoms with Gasteiger partial charge in [-0.15, -0.1) is 0 Å². The number of methoxy groups -OCH3 is 1. The van der Waals surface area contributed by atoms with Crippen molar-refractivity contribution in [1.82, 2.24) is 9.55 Å². The lowest BCUT2D eigenvalue weighted by atomic mass is 10.2. The van der Waals surface area contributed by atoms with Crippen LogP contribution in [0.25, 0.3) is 11.0 Å². The highest BCUT2D eigenvalue weighted by molar-refractivity contribution is 5.77. The van der Waals surface area contributed by atoms with Crippen LogP contribution in [0, 0.1) is 11.3 Å². The van der Waals surface area contributed by atoms with Crippen molar-refractivity contribution in [3.63, 3.8) is 0 Å². The first kappa shape index (κ1) is 12.6. The lowest BCUT2D eigenvalue weighted by Crippen LogP contribution is -2.06. The topological polar surface area (TPSA) is 50.8 Å². The predicted octanol–water partition coefficient (Wildman–Crippen LogP) is 2.51. The average molecular weight is 243 g/mol. The highest BCUT2D eigenvalue weighted by Gasteiger charge is 2.10. The maximum absolute atomic E-state index is 8.91. The van der Waals surface area contributed by atoms with Gasteiger partial charge in [0.25, 0.3) is 0 Å². The quantitative estimate of drug-likeness (QED) is 0.810. The van der Waals surface area contributed by atoms with Gasteiger partial charge in [-0.3, -0.25) is 0 Å². The molecular formula is C14H17N3O. The summed E-state index contributed by atoms with van der Waals surface area (Å²) in [7, 11) is 1.70. The van der Waals surface area contributed by atoms with Crippen molar-refractivity contribution >= 4 is 11.0 Å². The normalized spacial score (nSPS) is 10.7. The highest BCUT2D eigenvalue weighted by atomic mass is 16.5. The molecule has 0 aliphatic heterocycles. The highest BCUT2D eigenvalue weighted by Crippen LogP contribution is 2.18. The van der Waals surface area contributed by atoms with E-state index in [0.29, 0.717) is 12.2 Å². The first-order valence-electron chi connectivity index (χ1n) is 6.18. The number of imidazole rings is 1. The summed E-state index contributed by atoms with van der Waals surface area (Å²) in [5.41, 5.74) is 2.65. The molecule has 1 aromatic heterocycles. The molecule has 0 amide bonds. The van der Waals surface area contributed by atoms with E-state index in [1.165, 1.54) is 0 Å². The van der Waals surface area contributed by atoms with Crippen molar-refractivity contribution in [1.29, 1.82) is 5.26 Å². The molecule has 0 aliphatic rings. The van der Waals surface area contributed by atoms with E-state index in [1.54, 1.807) is 7.11 Å². The van der Waals surface area contributed by atoms with E-state index in [2.05, 4.69) is 22.5 Å². The monoisotopic (exact) mass is 243 g/mol. The molecule has 4 heteroatoms. The predicted molar refractivity (Wildman–Crippen MR) is 70.3 cm³/mol. The van der Waals surface area contributed by atoms with Gasteiger partial charge in [-0.1, -0.05) is 6.92 Å². The Morgan fingerprint density at radius 2 is 2.28 bits per heavy atom. The van der Waals surface area contributed by atoms with E-state index in [-0.39, 0.29) is 0 Å². The number of fused-ring (bicyclic) bond motifs is 1. The van der Waals surface area contributed by atoms with E-state index in [0.717, 1.165) is 36.2 Å². The number of ether oxygens (including phenoxy) is 1. The lowest BCUT2D eigenvalue weighted by molar-refractivity contribution is 0.199. The van der Waals surface area contributed by atoms with Crippen LogP contribution in [0.4, 0.5) is 0 Å². The average Bonchev–Trinajstić information content (AvgIpc) is 2.74. The third-order valence-electron chi connectivity index (χ3n) is 2.93. The molecule has 0 bridgehead atoms. The number of aryl methyl sites for hydroxylation is 1. The Bertz CT molecular complexity index is 580. The molecule has 2 aromatic rings. The van der Waals surface area contributed by atoms with Gasteiger partial charge in [0.05, 0.1) is 29.3 Å². The molecule has 0 saturated heterocycles. The third kappa shape index (κ3) is 2.36. The van der Waals surface area contributed by atoms with Gasteiger partial charge >= 0.3 is 0 Å². The van der Waals surface area contributed by atoms with Crippen LogP contribution in [0.5, 0.6) is 0 Å². The second-order valence-electron chi connectivity index (χ2n) is 4.24. The van der Waals surface area contributed by atoms with Crippen LogP contribution < -0.4 is 0 Å². The Hall–Kier alpha value is -1.86. The van der Waals surface area contributed by atoms with Gasteiger partial charge in [-0.25, -0.2) is 4.98 Å². The number of rotatable bonds is 5. The number of benzene rings is 1. The van der Waals surface area contributed by atoms with Crippen molar-refractivity contribution in [2.45, 2.75) is 26.3 Å². The summed E-state index contributed by atoms with van der Waals surface area (Å²) in [6.07, 6.45) is 1.86. The maximum Gasteiger partial charge on any atom is 0.112 e. The molecular weight excluding hydrogens is 226 g/mol. The molecule has 0 N–H and O–H groups in total. The summed E-state index contributed by atoms with van der Waals surface area (Å²) >= 11 is 0. The molecule has 1 aromatic carbocycles. The SMILES string of the molecule is CCCn1c(CCOC)nc2cc(C#N)ccc21. The van der Waals surface area contributed by atoms with Gasteiger partial charge in [0.15, 0.2) is 0 Å². The fourth-order valence-electron chi connectivity index (χ4n) is 2.11. The number of hydrogen-bond donors (Lipinski definition) is 0. The lowest BCUT2D eigenvalue weighted by Gasteiger charge is -2.07. The standard InChI is InChI=1S/C14H17N3O/c1-3-7-17-13-5-4-11(10-15)9-12(13)16-14(17)6-8-18-2/h4-5,9H,3,6-8H2,1-2H3. The van der Waals surface area contributed by atoms with Crippen LogP contribution in [0.3, 0.4) is 0 Å². The summed E-state index contributed by atoms with van der Waals surface area (Å²) in [6, 6.07) is 7.82. The van der Waals surface area contributed by atoms with Gasteiger partial charge in [-0.05, 0) is 24.6 Å². The van der Waals surface area contributed by atoms with Gasteiger partial charge in [0, 0.05) is 20.1 Å². The van der Waals surface area contributed by atoms with Crippen molar-refractivity contribution in [2.24, 2.45) is 0 Å². The van der Waals surface area contributed by atoms with E-state index in [9.17, 15) is 0 Å². The third-order valence-corrected chi connectivity index (χ3v) is 2.93. The second kappa shape index (κ2) is 5.65. The Labute approximate surface area is 107 Å². The zero-order valence-corrected chi connectivity index (χ0v) is 10.8. The molecule has 0 spiro atoms. The summed E-state index contributed by atoms with van der Waals surface area (Å²) < 4.78 is 7.33. The zero-order chi connectivity index (χ0) is 13.0. The van der Waals surface area contributed by atoms with E-state index in [4.69, 9.17) is 10.00 Å². The van der Waals surface area contributed by atoms with Crippen molar-refractivity contribution < 1.29 is 4.74 Å². The Kier molecular flexibility index (Phi) is 3.96. The summed E-state index contributed by atoms with van der Waals surface area (Å²) in [5, 5.41) is 8.91. The smallest absolute Gasteiger partial charge is 0.112 e. The Morgan fingerprint density at radius 3 is 2.94 bits per heavy atom. The molecule has 94 valence electrons. The molecule has 0 atom stereocenters. The van der Waals surface area contributed by atoms with Gasteiger partial charge < -0.3 is 9.30 Å². The number of nitriles is 1. The van der Waals surface area contributed by atoms with Crippen LogP contribution >= 0.6 is 0 Å². The van der Waals surface area contributed by atoms with Crippen LogP contribution in [-0.2, 0) is 17.7 Å². The minimum absolute atomic E-state index is 0.655. The van der Waals surface area contributed by atoms with Crippen LogP contribution in [0.1, 0.15) is 24.7 Å². The molecule has 0 saturated carbocycles. The van der Waals surface area contributed by atoms with Crippen LogP contribution in [0.2, 0.25) is 0 Å². The van der Waals surface area contributed by atoms with E-state index >= 15 is 0 Å². The molecule has 18 heavy (non-hydrogen) atoms. The van der Waals surface area contributed by atoms with E-state index in [1.807, 2.05) is 18.2 Å². The summed E-state index contributed by atoms with van der Waals surface area (Å²) in [5.74, 6) is 1.03. The maximum atomic E-state index is 8.91. The fraction of sp³-hybridized carbons (Fsp3) is 0.429.